The molecule has 0 radical (unpaired) electrons. The largest absolute Gasteiger partial charge is 0.494 e. The molecule has 0 saturated carbocycles. The third-order valence-corrected chi connectivity index (χ3v) is 4.09. The summed E-state index contributed by atoms with van der Waals surface area (Å²) in [6, 6.07) is 6.02. The van der Waals surface area contributed by atoms with Crippen molar-refractivity contribution in [2.24, 2.45) is 5.41 Å². The van der Waals surface area contributed by atoms with E-state index in [0.29, 0.717) is 0 Å². The third kappa shape index (κ3) is 2.78. The molecule has 0 aliphatic heterocycles. The van der Waals surface area contributed by atoms with Crippen LogP contribution in [-0.2, 0) is 6.54 Å². The molecule has 3 nitrogen and oxygen atoms in total. The first kappa shape index (κ1) is 15.2. The molecular formula is C16H23ClN2O. The monoisotopic (exact) mass is 294 g/mol. The van der Waals surface area contributed by atoms with Gasteiger partial charge in [-0.05, 0) is 30.9 Å². The fourth-order valence-electron chi connectivity index (χ4n) is 2.31. The van der Waals surface area contributed by atoms with Crippen molar-refractivity contribution in [3.8, 4) is 5.75 Å². The zero-order valence-corrected chi connectivity index (χ0v) is 13.7. The smallest absolute Gasteiger partial charge is 0.146 e. The maximum absolute atomic E-state index is 6.32. The first-order valence-corrected chi connectivity index (χ1v) is 7.50. The standard InChI is InChI=1S/C16H23ClN2O/c1-6-16(3,4)10-19-12-8-7-9-13(20-5)14(12)18-15(19)11(2)17/h7-9,11H,6,10H2,1-5H3. The fourth-order valence-corrected chi connectivity index (χ4v) is 2.48. The van der Waals surface area contributed by atoms with Gasteiger partial charge in [-0.1, -0.05) is 26.8 Å². The van der Waals surface area contributed by atoms with Crippen LogP contribution in [0.15, 0.2) is 18.2 Å². The van der Waals surface area contributed by atoms with Gasteiger partial charge in [0.05, 0.1) is 18.0 Å². The second-order valence-corrected chi connectivity index (χ2v) is 6.67. The van der Waals surface area contributed by atoms with Crippen LogP contribution in [0.5, 0.6) is 5.75 Å². The maximum Gasteiger partial charge on any atom is 0.146 e. The Labute approximate surface area is 125 Å². The van der Waals surface area contributed by atoms with E-state index in [0.717, 1.165) is 35.6 Å². The number of methoxy groups -OCH3 is 1. The van der Waals surface area contributed by atoms with E-state index in [1.165, 1.54) is 0 Å². The van der Waals surface area contributed by atoms with Crippen molar-refractivity contribution in [1.29, 1.82) is 0 Å². The molecule has 4 heteroatoms. The Morgan fingerprint density at radius 2 is 2.10 bits per heavy atom. The van der Waals surface area contributed by atoms with Gasteiger partial charge in [-0.3, -0.25) is 0 Å². The van der Waals surface area contributed by atoms with Gasteiger partial charge in [-0.15, -0.1) is 11.6 Å². The number of imidazole rings is 1. The summed E-state index contributed by atoms with van der Waals surface area (Å²) >= 11 is 6.32. The Kier molecular flexibility index (Phi) is 4.28. The minimum atomic E-state index is -0.125. The van der Waals surface area contributed by atoms with E-state index in [9.17, 15) is 0 Å². The summed E-state index contributed by atoms with van der Waals surface area (Å²) in [7, 11) is 1.67. The lowest BCUT2D eigenvalue weighted by Crippen LogP contribution is -2.20. The lowest BCUT2D eigenvalue weighted by atomic mass is 9.90. The Bertz CT molecular complexity index is 602. The summed E-state index contributed by atoms with van der Waals surface area (Å²) in [5.41, 5.74) is 2.19. The summed E-state index contributed by atoms with van der Waals surface area (Å²) in [6.07, 6.45) is 1.10. The number of nitrogens with zero attached hydrogens (tertiary/aromatic N) is 2. The van der Waals surface area contributed by atoms with Crippen molar-refractivity contribution in [2.45, 2.75) is 46.0 Å². The van der Waals surface area contributed by atoms with Gasteiger partial charge >= 0.3 is 0 Å². The molecule has 1 unspecified atom stereocenters. The molecule has 0 spiro atoms. The second kappa shape index (κ2) is 5.65. The predicted molar refractivity (Wildman–Crippen MR) is 84.6 cm³/mol. The Balaban J connectivity index is 2.64. The number of halogens is 1. The second-order valence-electron chi connectivity index (χ2n) is 6.02. The molecule has 1 aromatic carbocycles. The Hall–Kier alpha value is -1.22. The number of hydrogen-bond donors (Lipinski definition) is 0. The molecule has 1 aromatic heterocycles. The van der Waals surface area contributed by atoms with Crippen molar-refractivity contribution in [1.82, 2.24) is 9.55 Å². The minimum absolute atomic E-state index is 0.125. The van der Waals surface area contributed by atoms with E-state index in [1.54, 1.807) is 7.11 Å². The highest BCUT2D eigenvalue weighted by molar-refractivity contribution is 6.20. The molecule has 2 rings (SSSR count). The lowest BCUT2D eigenvalue weighted by molar-refractivity contribution is 0.294. The van der Waals surface area contributed by atoms with E-state index in [-0.39, 0.29) is 10.8 Å². The number of alkyl halides is 1. The van der Waals surface area contributed by atoms with Gasteiger partial charge in [-0.2, -0.15) is 0 Å². The third-order valence-electron chi connectivity index (χ3n) is 3.89. The molecule has 2 aromatic rings. The Morgan fingerprint density at radius 1 is 1.40 bits per heavy atom. The average Bonchev–Trinajstić information content (AvgIpc) is 2.77. The van der Waals surface area contributed by atoms with Gasteiger partial charge in [0.1, 0.15) is 17.1 Å². The molecule has 0 aliphatic rings. The zero-order chi connectivity index (χ0) is 14.9. The van der Waals surface area contributed by atoms with Crippen LogP contribution in [0.2, 0.25) is 0 Å². The van der Waals surface area contributed by atoms with Gasteiger partial charge in [0.2, 0.25) is 0 Å². The predicted octanol–water partition coefficient (Wildman–Crippen LogP) is 4.78. The number of hydrogen-bond acceptors (Lipinski definition) is 2. The molecule has 0 amide bonds. The molecule has 0 N–H and O–H groups in total. The normalized spacial score (nSPS) is 13.7. The highest BCUT2D eigenvalue weighted by Gasteiger charge is 2.23. The molecule has 20 heavy (non-hydrogen) atoms. The quantitative estimate of drug-likeness (QED) is 0.742. The van der Waals surface area contributed by atoms with E-state index in [1.807, 2.05) is 19.1 Å². The van der Waals surface area contributed by atoms with Crippen LogP contribution in [0.1, 0.15) is 45.3 Å². The lowest BCUT2D eigenvalue weighted by Gasteiger charge is -2.25. The summed E-state index contributed by atoms with van der Waals surface area (Å²) in [6.45, 7) is 9.61. The number of benzene rings is 1. The number of para-hydroxylation sites is 1. The molecule has 1 heterocycles. The summed E-state index contributed by atoms with van der Waals surface area (Å²) in [4.78, 5) is 4.71. The van der Waals surface area contributed by atoms with Crippen molar-refractivity contribution in [3.05, 3.63) is 24.0 Å². The number of aromatic nitrogens is 2. The summed E-state index contributed by atoms with van der Waals surface area (Å²) < 4.78 is 7.65. The SMILES string of the molecule is CCC(C)(C)Cn1c(C(C)Cl)nc2c(OC)cccc21. The van der Waals surface area contributed by atoms with Crippen LogP contribution in [0.3, 0.4) is 0 Å². The maximum atomic E-state index is 6.32. The van der Waals surface area contributed by atoms with Gasteiger partial charge in [0.25, 0.3) is 0 Å². The van der Waals surface area contributed by atoms with E-state index in [2.05, 4.69) is 31.4 Å². The first-order valence-electron chi connectivity index (χ1n) is 7.07. The molecular weight excluding hydrogens is 272 g/mol. The van der Waals surface area contributed by atoms with E-state index >= 15 is 0 Å². The molecule has 110 valence electrons. The zero-order valence-electron chi connectivity index (χ0n) is 12.9. The molecule has 1 atom stereocenters. The number of rotatable bonds is 5. The van der Waals surface area contributed by atoms with Crippen molar-refractivity contribution >= 4 is 22.6 Å². The topological polar surface area (TPSA) is 27.1 Å². The van der Waals surface area contributed by atoms with Crippen molar-refractivity contribution < 1.29 is 4.74 Å². The first-order chi connectivity index (χ1) is 9.39. The van der Waals surface area contributed by atoms with Gasteiger partial charge in [0, 0.05) is 6.54 Å². The van der Waals surface area contributed by atoms with E-state index in [4.69, 9.17) is 21.3 Å². The van der Waals surface area contributed by atoms with E-state index < -0.39 is 0 Å². The fraction of sp³-hybridized carbons (Fsp3) is 0.562. The molecule has 0 bridgehead atoms. The van der Waals surface area contributed by atoms with Crippen molar-refractivity contribution in [3.63, 3.8) is 0 Å². The number of fused-ring (bicyclic) bond motifs is 1. The summed E-state index contributed by atoms with van der Waals surface area (Å²) in [5, 5.41) is -0.125. The van der Waals surface area contributed by atoms with Crippen LogP contribution >= 0.6 is 11.6 Å². The molecule has 0 saturated heterocycles. The van der Waals surface area contributed by atoms with Crippen molar-refractivity contribution in [2.75, 3.05) is 7.11 Å². The average molecular weight is 295 g/mol. The number of ether oxygens (including phenoxy) is 1. The summed E-state index contributed by atoms with van der Waals surface area (Å²) in [5.74, 6) is 1.71. The van der Waals surface area contributed by atoms with Gasteiger partial charge in [-0.25, -0.2) is 4.98 Å². The molecule has 0 aliphatic carbocycles. The van der Waals surface area contributed by atoms with Crippen LogP contribution < -0.4 is 4.74 Å². The Morgan fingerprint density at radius 3 is 2.65 bits per heavy atom. The highest BCUT2D eigenvalue weighted by atomic mass is 35.5. The van der Waals surface area contributed by atoms with Gasteiger partial charge in [0.15, 0.2) is 0 Å². The highest BCUT2D eigenvalue weighted by Crippen LogP contribution is 2.33. The molecule has 0 fully saturated rings. The minimum Gasteiger partial charge on any atom is -0.494 e. The van der Waals surface area contributed by atoms with Crippen LogP contribution in [0.25, 0.3) is 11.0 Å². The van der Waals surface area contributed by atoms with Crippen LogP contribution in [-0.4, -0.2) is 16.7 Å². The van der Waals surface area contributed by atoms with Crippen LogP contribution in [0.4, 0.5) is 0 Å². The van der Waals surface area contributed by atoms with Gasteiger partial charge < -0.3 is 9.30 Å². The van der Waals surface area contributed by atoms with Crippen LogP contribution in [0, 0.1) is 5.41 Å².